The third-order valence-electron chi connectivity index (χ3n) is 4.67. The van der Waals surface area contributed by atoms with Crippen LogP contribution in [-0.2, 0) is 4.79 Å². The molecule has 0 atom stereocenters. The van der Waals surface area contributed by atoms with Crippen molar-refractivity contribution in [2.24, 2.45) is 0 Å². The van der Waals surface area contributed by atoms with E-state index >= 15 is 0 Å². The average molecular weight is 342 g/mol. The zero-order valence-corrected chi connectivity index (χ0v) is 14.3. The van der Waals surface area contributed by atoms with Crippen LogP contribution in [0.4, 0.5) is 0 Å². The zero-order chi connectivity index (χ0) is 17.9. The van der Waals surface area contributed by atoms with Gasteiger partial charge in [0.05, 0.1) is 16.6 Å². The SMILES string of the molecule is C=CCNC(=O)C1(NC(=O)c2cnc3onc(C)c3c2)CCCCC1. The van der Waals surface area contributed by atoms with Crippen LogP contribution in [0.5, 0.6) is 0 Å². The number of hydrogen-bond donors (Lipinski definition) is 2. The number of amides is 2. The summed E-state index contributed by atoms with van der Waals surface area (Å²) in [6.07, 6.45) is 7.21. The molecule has 0 spiro atoms. The minimum absolute atomic E-state index is 0.157. The molecule has 1 fully saturated rings. The van der Waals surface area contributed by atoms with Crippen molar-refractivity contribution in [1.82, 2.24) is 20.8 Å². The summed E-state index contributed by atoms with van der Waals surface area (Å²) >= 11 is 0. The fourth-order valence-electron chi connectivity index (χ4n) is 3.26. The third-order valence-corrected chi connectivity index (χ3v) is 4.67. The van der Waals surface area contributed by atoms with Gasteiger partial charge in [-0.2, -0.15) is 0 Å². The number of carbonyl (C=O) groups is 2. The number of aryl methyl sites for hydroxylation is 1. The summed E-state index contributed by atoms with van der Waals surface area (Å²) in [6, 6.07) is 1.70. The van der Waals surface area contributed by atoms with Crippen LogP contribution in [0.1, 0.15) is 48.2 Å². The van der Waals surface area contributed by atoms with Gasteiger partial charge >= 0.3 is 0 Å². The monoisotopic (exact) mass is 342 g/mol. The largest absolute Gasteiger partial charge is 0.351 e. The van der Waals surface area contributed by atoms with Crippen LogP contribution in [0, 0.1) is 6.92 Å². The summed E-state index contributed by atoms with van der Waals surface area (Å²) in [4.78, 5) is 29.6. The minimum Gasteiger partial charge on any atom is -0.351 e. The van der Waals surface area contributed by atoms with E-state index in [4.69, 9.17) is 4.52 Å². The Morgan fingerprint density at radius 3 is 2.84 bits per heavy atom. The van der Waals surface area contributed by atoms with Gasteiger partial charge in [0.25, 0.3) is 11.6 Å². The first-order chi connectivity index (χ1) is 12.1. The van der Waals surface area contributed by atoms with E-state index in [2.05, 4.69) is 27.4 Å². The first kappa shape index (κ1) is 17.1. The molecule has 2 amide bonds. The van der Waals surface area contributed by atoms with E-state index in [1.165, 1.54) is 6.20 Å². The van der Waals surface area contributed by atoms with Gasteiger partial charge in [0.15, 0.2) is 0 Å². The van der Waals surface area contributed by atoms with Crippen molar-refractivity contribution in [3.63, 3.8) is 0 Å². The molecule has 2 aromatic rings. The molecule has 0 saturated heterocycles. The second kappa shape index (κ2) is 7.04. The summed E-state index contributed by atoms with van der Waals surface area (Å²) < 4.78 is 5.07. The van der Waals surface area contributed by atoms with Crippen LogP contribution in [0.15, 0.2) is 29.4 Å². The first-order valence-electron chi connectivity index (χ1n) is 8.49. The molecule has 0 bridgehead atoms. The van der Waals surface area contributed by atoms with E-state index in [-0.39, 0.29) is 11.8 Å². The summed E-state index contributed by atoms with van der Waals surface area (Å²) in [5.41, 5.74) is 0.579. The molecule has 1 aliphatic rings. The Labute approximate surface area is 145 Å². The molecular weight excluding hydrogens is 320 g/mol. The lowest BCUT2D eigenvalue weighted by molar-refractivity contribution is -0.128. The summed E-state index contributed by atoms with van der Waals surface area (Å²) in [5.74, 6) is -0.471. The van der Waals surface area contributed by atoms with Crippen LogP contribution >= 0.6 is 0 Å². The molecule has 0 unspecified atom stereocenters. The fourth-order valence-corrected chi connectivity index (χ4v) is 3.26. The van der Waals surface area contributed by atoms with Crippen LogP contribution in [0.2, 0.25) is 0 Å². The maximum absolute atomic E-state index is 12.8. The number of aromatic nitrogens is 2. The van der Waals surface area contributed by atoms with Gasteiger partial charge in [-0.1, -0.05) is 30.5 Å². The molecule has 25 heavy (non-hydrogen) atoms. The van der Waals surface area contributed by atoms with Crippen molar-refractivity contribution in [2.45, 2.75) is 44.6 Å². The van der Waals surface area contributed by atoms with E-state index in [1.54, 1.807) is 19.1 Å². The average Bonchev–Trinajstić information content (AvgIpc) is 3.01. The summed E-state index contributed by atoms with van der Waals surface area (Å²) in [5, 5.41) is 10.3. The Hall–Kier alpha value is -2.70. The predicted molar refractivity (Wildman–Crippen MR) is 93.0 cm³/mol. The first-order valence-corrected chi connectivity index (χ1v) is 8.49. The Morgan fingerprint density at radius 2 is 2.12 bits per heavy atom. The number of fused-ring (bicyclic) bond motifs is 1. The lowest BCUT2D eigenvalue weighted by atomic mass is 9.80. The topological polar surface area (TPSA) is 97.1 Å². The Kier molecular flexibility index (Phi) is 4.83. The van der Waals surface area contributed by atoms with Gasteiger partial charge in [0, 0.05) is 12.7 Å². The van der Waals surface area contributed by atoms with Gasteiger partial charge in [-0.25, -0.2) is 4.98 Å². The maximum Gasteiger partial charge on any atom is 0.257 e. The lowest BCUT2D eigenvalue weighted by Gasteiger charge is -2.36. The molecule has 2 N–H and O–H groups in total. The highest BCUT2D eigenvalue weighted by Gasteiger charge is 2.40. The van der Waals surface area contributed by atoms with E-state index in [9.17, 15) is 9.59 Å². The van der Waals surface area contributed by atoms with Gasteiger partial charge in [-0.3, -0.25) is 9.59 Å². The molecule has 0 radical (unpaired) electrons. The predicted octanol–water partition coefficient (Wildman–Crippen LogP) is 2.27. The summed E-state index contributed by atoms with van der Waals surface area (Å²) in [6.45, 7) is 5.79. The number of nitrogens with one attached hydrogen (secondary N) is 2. The van der Waals surface area contributed by atoms with Gasteiger partial charge < -0.3 is 15.2 Å². The molecule has 0 aromatic carbocycles. The van der Waals surface area contributed by atoms with Crippen molar-refractivity contribution in [1.29, 1.82) is 0 Å². The van der Waals surface area contributed by atoms with Gasteiger partial charge in [-0.05, 0) is 25.8 Å². The molecule has 1 saturated carbocycles. The van der Waals surface area contributed by atoms with E-state index in [0.717, 1.165) is 19.3 Å². The molecule has 3 rings (SSSR count). The molecule has 1 aliphatic carbocycles. The molecule has 2 aromatic heterocycles. The van der Waals surface area contributed by atoms with Crippen molar-refractivity contribution >= 4 is 22.9 Å². The van der Waals surface area contributed by atoms with Crippen LogP contribution in [-0.4, -0.2) is 34.0 Å². The van der Waals surface area contributed by atoms with Crippen LogP contribution in [0.3, 0.4) is 0 Å². The number of rotatable bonds is 5. The highest BCUT2D eigenvalue weighted by molar-refractivity contribution is 6.01. The molecule has 7 heteroatoms. The Balaban J connectivity index is 1.84. The maximum atomic E-state index is 12.8. The van der Waals surface area contributed by atoms with Crippen LogP contribution in [0.25, 0.3) is 11.1 Å². The molecule has 132 valence electrons. The molecule has 0 aliphatic heterocycles. The molecule has 7 nitrogen and oxygen atoms in total. The third kappa shape index (κ3) is 3.40. The number of nitrogens with zero attached hydrogens (tertiary/aromatic N) is 2. The number of hydrogen-bond acceptors (Lipinski definition) is 5. The standard InChI is InChI=1S/C18H22N4O3/c1-3-9-19-17(24)18(7-5-4-6-8-18)21-15(23)13-10-14-12(2)22-25-16(14)20-11-13/h3,10-11H,1,4-9H2,2H3,(H,19,24)(H,21,23). The normalized spacial score (nSPS) is 16.4. The minimum atomic E-state index is -0.878. The quantitative estimate of drug-likeness (QED) is 0.813. The smallest absolute Gasteiger partial charge is 0.257 e. The van der Waals surface area contributed by atoms with Crippen LogP contribution < -0.4 is 10.6 Å². The second-order valence-electron chi connectivity index (χ2n) is 6.44. The van der Waals surface area contributed by atoms with E-state index < -0.39 is 5.54 Å². The van der Waals surface area contributed by atoms with Gasteiger partial charge in [0.1, 0.15) is 5.54 Å². The number of carbonyl (C=O) groups excluding carboxylic acids is 2. The molecular formula is C18H22N4O3. The lowest BCUT2D eigenvalue weighted by Crippen LogP contribution is -2.59. The van der Waals surface area contributed by atoms with E-state index in [0.29, 0.717) is 41.7 Å². The Bertz CT molecular complexity index is 806. The van der Waals surface area contributed by atoms with Gasteiger partial charge in [0.2, 0.25) is 5.91 Å². The van der Waals surface area contributed by atoms with Gasteiger partial charge in [-0.15, -0.1) is 6.58 Å². The van der Waals surface area contributed by atoms with Crippen molar-refractivity contribution in [3.8, 4) is 0 Å². The zero-order valence-electron chi connectivity index (χ0n) is 14.3. The molecule has 2 heterocycles. The summed E-state index contributed by atoms with van der Waals surface area (Å²) in [7, 11) is 0. The number of pyridine rings is 1. The van der Waals surface area contributed by atoms with Crippen molar-refractivity contribution < 1.29 is 14.1 Å². The highest BCUT2D eigenvalue weighted by Crippen LogP contribution is 2.29. The second-order valence-corrected chi connectivity index (χ2v) is 6.44. The highest BCUT2D eigenvalue weighted by atomic mass is 16.5. The van der Waals surface area contributed by atoms with Crippen molar-refractivity contribution in [3.05, 3.63) is 36.2 Å². The van der Waals surface area contributed by atoms with Crippen molar-refractivity contribution in [2.75, 3.05) is 6.54 Å². The van der Waals surface area contributed by atoms with E-state index in [1.807, 2.05) is 0 Å². The Morgan fingerprint density at radius 1 is 1.36 bits per heavy atom. The fraction of sp³-hybridized carbons (Fsp3) is 0.444.